The smallest absolute Gasteiger partial charge is 0.222 e. The topological polar surface area (TPSA) is 32.8 Å². The third-order valence-electron chi connectivity index (χ3n) is 4.91. The van der Waals surface area contributed by atoms with E-state index < -0.39 is 0 Å². The van der Waals surface area contributed by atoms with Gasteiger partial charge in [-0.15, -0.1) is 0 Å². The van der Waals surface area contributed by atoms with E-state index >= 15 is 0 Å². The Morgan fingerprint density at radius 3 is 2.23 bits per heavy atom. The highest BCUT2D eigenvalue weighted by molar-refractivity contribution is 5.77. The zero-order chi connectivity index (χ0) is 16.3. The lowest BCUT2D eigenvalue weighted by molar-refractivity contribution is -0.153. The highest BCUT2D eigenvalue weighted by Crippen LogP contribution is 2.24. The van der Waals surface area contributed by atoms with Crippen LogP contribution in [0.15, 0.2) is 0 Å². The molecular weight excluding hydrogens is 276 g/mol. The molecule has 2 aliphatic heterocycles. The molecule has 2 fully saturated rings. The van der Waals surface area contributed by atoms with Crippen molar-refractivity contribution in [3.63, 3.8) is 0 Å². The minimum absolute atomic E-state index is 0.265. The fourth-order valence-corrected chi connectivity index (χ4v) is 3.23. The van der Waals surface area contributed by atoms with Gasteiger partial charge in [-0.3, -0.25) is 9.69 Å². The third-order valence-corrected chi connectivity index (χ3v) is 4.91. The van der Waals surface area contributed by atoms with E-state index in [1.54, 1.807) is 0 Å². The number of piperidine rings is 1. The number of carbonyl (C=O) groups is 1. The fourth-order valence-electron chi connectivity index (χ4n) is 3.23. The van der Waals surface area contributed by atoms with Crippen LogP contribution in [0.1, 0.15) is 60.3 Å². The largest absolute Gasteiger partial charge is 0.371 e. The second-order valence-electron chi connectivity index (χ2n) is 8.35. The van der Waals surface area contributed by atoms with Gasteiger partial charge in [0.25, 0.3) is 0 Å². The van der Waals surface area contributed by atoms with Gasteiger partial charge in [-0.25, -0.2) is 0 Å². The minimum atomic E-state index is 0.265. The van der Waals surface area contributed by atoms with Crippen molar-refractivity contribution < 1.29 is 9.53 Å². The number of hydrogen-bond donors (Lipinski definition) is 0. The summed E-state index contributed by atoms with van der Waals surface area (Å²) < 4.78 is 6.17. The number of ether oxygens (including phenoxy) is 1. The highest BCUT2D eigenvalue weighted by Gasteiger charge is 2.34. The van der Waals surface area contributed by atoms with Crippen LogP contribution in [0.5, 0.6) is 0 Å². The Morgan fingerprint density at radius 2 is 1.73 bits per heavy atom. The molecule has 0 aliphatic carbocycles. The van der Waals surface area contributed by atoms with Crippen LogP contribution in [0.25, 0.3) is 0 Å². The van der Waals surface area contributed by atoms with Gasteiger partial charge in [-0.1, -0.05) is 13.8 Å². The van der Waals surface area contributed by atoms with Crippen molar-refractivity contribution >= 4 is 5.91 Å². The zero-order valence-electron chi connectivity index (χ0n) is 15.1. The molecule has 4 heteroatoms. The lowest BCUT2D eigenvalue weighted by Crippen LogP contribution is -2.56. The average molecular weight is 310 g/mol. The average Bonchev–Trinajstić information content (AvgIpc) is 2.39. The normalized spacial score (nSPS) is 22.2. The van der Waals surface area contributed by atoms with Gasteiger partial charge in [0.05, 0.1) is 12.2 Å². The molecule has 2 aliphatic rings. The molecule has 0 radical (unpaired) electrons. The number of rotatable bonds is 5. The Morgan fingerprint density at radius 1 is 1.14 bits per heavy atom. The number of carbonyl (C=O) groups excluding carboxylic acids is 1. The summed E-state index contributed by atoms with van der Waals surface area (Å²) >= 11 is 0. The zero-order valence-corrected chi connectivity index (χ0v) is 15.1. The molecule has 4 nitrogen and oxygen atoms in total. The molecule has 0 saturated carbocycles. The Bertz CT molecular complexity index is 362. The quantitative estimate of drug-likeness (QED) is 0.783. The van der Waals surface area contributed by atoms with Gasteiger partial charge in [-0.05, 0) is 46.0 Å². The summed E-state index contributed by atoms with van der Waals surface area (Å²) in [5, 5.41) is 0. The van der Waals surface area contributed by atoms with E-state index in [1.165, 1.54) is 0 Å². The van der Waals surface area contributed by atoms with Crippen molar-refractivity contribution in [2.75, 3.05) is 26.2 Å². The van der Waals surface area contributed by atoms with Crippen LogP contribution in [-0.4, -0.2) is 59.6 Å². The maximum Gasteiger partial charge on any atom is 0.222 e. The SMILES string of the molecule is CC(C)CCC(=O)N1CC(OC2CCN(C(C)(C)C)CC2)C1. The van der Waals surface area contributed by atoms with Gasteiger partial charge in [0, 0.05) is 38.1 Å². The van der Waals surface area contributed by atoms with E-state index in [4.69, 9.17) is 4.74 Å². The van der Waals surface area contributed by atoms with Crippen molar-refractivity contribution in [1.29, 1.82) is 0 Å². The van der Waals surface area contributed by atoms with E-state index in [1.807, 2.05) is 4.90 Å². The molecule has 0 unspecified atom stereocenters. The summed E-state index contributed by atoms with van der Waals surface area (Å²) in [6.45, 7) is 15.0. The predicted molar refractivity (Wildman–Crippen MR) is 89.9 cm³/mol. The molecule has 0 aromatic carbocycles. The Labute approximate surface area is 136 Å². The monoisotopic (exact) mass is 310 g/mol. The summed E-state index contributed by atoms with van der Waals surface area (Å²) in [4.78, 5) is 16.5. The van der Waals surface area contributed by atoms with E-state index in [0.717, 1.165) is 45.4 Å². The van der Waals surface area contributed by atoms with Crippen LogP contribution >= 0.6 is 0 Å². The number of hydrogen-bond acceptors (Lipinski definition) is 3. The molecule has 0 spiro atoms. The first-order valence-corrected chi connectivity index (χ1v) is 8.94. The third kappa shape index (κ3) is 4.95. The molecule has 0 bridgehead atoms. The molecule has 2 heterocycles. The molecular formula is C18H34N2O2. The molecule has 0 N–H and O–H groups in total. The highest BCUT2D eigenvalue weighted by atomic mass is 16.5. The lowest BCUT2D eigenvalue weighted by atomic mass is 9.99. The predicted octanol–water partition coefficient (Wildman–Crippen LogP) is 2.91. The van der Waals surface area contributed by atoms with Gasteiger partial charge in [0.1, 0.15) is 0 Å². The maximum absolute atomic E-state index is 12.0. The Balaban J connectivity index is 1.62. The molecule has 0 aromatic rings. The molecule has 0 atom stereocenters. The number of nitrogens with zero attached hydrogens (tertiary/aromatic N) is 2. The van der Waals surface area contributed by atoms with E-state index in [9.17, 15) is 4.79 Å². The summed E-state index contributed by atoms with van der Waals surface area (Å²) in [7, 11) is 0. The summed E-state index contributed by atoms with van der Waals surface area (Å²) in [5.74, 6) is 0.904. The first-order valence-electron chi connectivity index (χ1n) is 8.94. The van der Waals surface area contributed by atoms with Gasteiger partial charge < -0.3 is 9.64 Å². The fraction of sp³-hybridized carbons (Fsp3) is 0.944. The molecule has 22 heavy (non-hydrogen) atoms. The van der Waals surface area contributed by atoms with Crippen LogP contribution in [0.3, 0.4) is 0 Å². The second-order valence-corrected chi connectivity index (χ2v) is 8.35. The summed E-state index contributed by atoms with van der Waals surface area (Å²) in [6.07, 6.45) is 4.58. The van der Waals surface area contributed by atoms with Gasteiger partial charge in [-0.2, -0.15) is 0 Å². The van der Waals surface area contributed by atoms with Gasteiger partial charge in [0.15, 0.2) is 0 Å². The first kappa shape index (κ1) is 17.7. The number of likely N-dealkylation sites (tertiary alicyclic amines) is 2. The van der Waals surface area contributed by atoms with Gasteiger partial charge in [0.2, 0.25) is 5.91 Å². The molecule has 0 aromatic heterocycles. The van der Waals surface area contributed by atoms with E-state index in [0.29, 0.717) is 24.3 Å². The van der Waals surface area contributed by atoms with E-state index in [2.05, 4.69) is 39.5 Å². The van der Waals surface area contributed by atoms with Crippen molar-refractivity contribution in [3.05, 3.63) is 0 Å². The lowest BCUT2D eigenvalue weighted by Gasteiger charge is -2.44. The van der Waals surface area contributed by atoms with Crippen LogP contribution in [0.2, 0.25) is 0 Å². The van der Waals surface area contributed by atoms with Crippen molar-refractivity contribution in [1.82, 2.24) is 9.80 Å². The minimum Gasteiger partial charge on any atom is -0.371 e. The first-order chi connectivity index (χ1) is 10.3. The molecule has 128 valence electrons. The van der Waals surface area contributed by atoms with Crippen LogP contribution in [-0.2, 0) is 9.53 Å². The van der Waals surface area contributed by atoms with Crippen LogP contribution in [0.4, 0.5) is 0 Å². The van der Waals surface area contributed by atoms with Crippen LogP contribution in [0, 0.1) is 5.92 Å². The van der Waals surface area contributed by atoms with Crippen molar-refractivity contribution in [2.24, 2.45) is 5.92 Å². The molecule has 1 amide bonds. The standard InChI is InChI=1S/C18H34N2O2/c1-14(2)6-7-17(21)19-12-16(13-19)22-15-8-10-20(11-9-15)18(3,4)5/h14-16H,6-13H2,1-5H3. The summed E-state index contributed by atoms with van der Waals surface area (Å²) in [5.41, 5.74) is 0.265. The van der Waals surface area contributed by atoms with Crippen LogP contribution < -0.4 is 0 Å². The van der Waals surface area contributed by atoms with Crippen molar-refractivity contribution in [3.8, 4) is 0 Å². The molecule has 2 rings (SSSR count). The molecule has 2 saturated heterocycles. The Kier molecular flexibility index (Phi) is 5.89. The Hall–Kier alpha value is -0.610. The second kappa shape index (κ2) is 7.31. The maximum atomic E-state index is 12.0. The summed E-state index contributed by atoms with van der Waals surface area (Å²) in [6, 6.07) is 0. The van der Waals surface area contributed by atoms with Crippen molar-refractivity contribution in [2.45, 2.75) is 78.0 Å². The van der Waals surface area contributed by atoms with Gasteiger partial charge >= 0.3 is 0 Å². The van der Waals surface area contributed by atoms with E-state index in [-0.39, 0.29) is 11.6 Å². The number of amides is 1.